The maximum absolute atomic E-state index is 4.35. The van der Waals surface area contributed by atoms with Gasteiger partial charge in [-0.25, -0.2) is 4.98 Å². The molecule has 1 aromatic rings. The first kappa shape index (κ1) is 11.0. The first-order valence-electron chi connectivity index (χ1n) is 5.44. The Morgan fingerprint density at radius 2 is 2.47 bits per heavy atom. The quantitative estimate of drug-likeness (QED) is 0.830. The average molecular weight is 225 g/mol. The summed E-state index contributed by atoms with van der Waals surface area (Å²) in [5, 5.41) is 6.83. The summed E-state index contributed by atoms with van der Waals surface area (Å²) in [5.74, 6) is 0. The fourth-order valence-electron chi connectivity index (χ4n) is 1.99. The Morgan fingerprint density at radius 3 is 3.13 bits per heavy atom. The molecule has 3 nitrogen and oxygen atoms in total. The van der Waals surface area contributed by atoms with Crippen molar-refractivity contribution in [1.82, 2.24) is 15.2 Å². The fraction of sp³-hybridized carbons (Fsp3) is 0.727. The van der Waals surface area contributed by atoms with Crippen LogP contribution in [0, 0.1) is 0 Å². The van der Waals surface area contributed by atoms with Crippen molar-refractivity contribution in [3.05, 3.63) is 16.6 Å². The molecule has 15 heavy (non-hydrogen) atoms. The molecule has 0 saturated carbocycles. The maximum atomic E-state index is 4.35. The van der Waals surface area contributed by atoms with Gasteiger partial charge in [0.15, 0.2) is 0 Å². The summed E-state index contributed by atoms with van der Waals surface area (Å²) < 4.78 is 0. The smallest absolute Gasteiger partial charge is 0.107 e. The molecule has 2 heterocycles. The third kappa shape index (κ3) is 2.77. The van der Waals surface area contributed by atoms with Crippen LogP contribution < -0.4 is 5.32 Å². The van der Waals surface area contributed by atoms with Crippen LogP contribution in [0.25, 0.3) is 0 Å². The van der Waals surface area contributed by atoms with Gasteiger partial charge in [-0.3, -0.25) is 4.90 Å². The highest BCUT2D eigenvalue weighted by Gasteiger charge is 2.30. The van der Waals surface area contributed by atoms with Crippen LogP contribution in [0.1, 0.15) is 25.8 Å². The van der Waals surface area contributed by atoms with E-state index in [1.165, 1.54) is 5.01 Å². The number of aromatic nitrogens is 1. The summed E-state index contributed by atoms with van der Waals surface area (Å²) in [5.41, 5.74) is 0.226. The molecule has 2 rings (SSSR count). The molecule has 1 atom stereocenters. The van der Waals surface area contributed by atoms with Crippen LogP contribution in [0.3, 0.4) is 0 Å². The van der Waals surface area contributed by atoms with Crippen molar-refractivity contribution in [2.45, 2.75) is 38.9 Å². The van der Waals surface area contributed by atoms with E-state index in [0.29, 0.717) is 6.04 Å². The number of piperazine rings is 1. The molecule has 84 valence electrons. The summed E-state index contributed by atoms with van der Waals surface area (Å²) in [6, 6.07) is 0.599. The predicted octanol–water partition coefficient (Wildman–Crippen LogP) is 1.72. The minimum Gasteiger partial charge on any atom is -0.309 e. The standard InChI is InChI=1S/C11H19N3S/c1-9-6-13-11(2,3)8-14(9)7-10-12-4-5-15-10/h4-5,9,13H,6-8H2,1-3H3. The first-order valence-corrected chi connectivity index (χ1v) is 6.32. The van der Waals surface area contributed by atoms with Gasteiger partial charge in [0, 0.05) is 36.2 Å². The lowest BCUT2D eigenvalue weighted by Gasteiger charge is -2.43. The molecular formula is C11H19N3S. The number of thiazole rings is 1. The highest BCUT2D eigenvalue weighted by atomic mass is 32.1. The molecule has 0 spiro atoms. The van der Waals surface area contributed by atoms with Crippen LogP contribution in [0.5, 0.6) is 0 Å². The fourth-order valence-corrected chi connectivity index (χ4v) is 2.63. The molecule has 1 N–H and O–H groups in total. The van der Waals surface area contributed by atoms with E-state index < -0.39 is 0 Å². The van der Waals surface area contributed by atoms with E-state index in [0.717, 1.165) is 19.6 Å². The summed E-state index contributed by atoms with van der Waals surface area (Å²) in [7, 11) is 0. The van der Waals surface area contributed by atoms with Crippen molar-refractivity contribution in [3.63, 3.8) is 0 Å². The SMILES string of the molecule is CC1CNC(C)(C)CN1Cc1nccs1. The van der Waals surface area contributed by atoms with Gasteiger partial charge in [0.25, 0.3) is 0 Å². The molecule has 1 aromatic heterocycles. The zero-order valence-corrected chi connectivity index (χ0v) is 10.5. The molecule has 1 aliphatic rings. The summed E-state index contributed by atoms with van der Waals surface area (Å²) in [4.78, 5) is 6.86. The predicted molar refractivity (Wildman–Crippen MR) is 64.1 cm³/mol. The number of nitrogens with zero attached hydrogens (tertiary/aromatic N) is 2. The number of hydrogen-bond acceptors (Lipinski definition) is 4. The highest BCUT2D eigenvalue weighted by molar-refractivity contribution is 7.09. The van der Waals surface area contributed by atoms with Crippen LogP contribution in [0.15, 0.2) is 11.6 Å². The molecule has 4 heteroatoms. The molecule has 1 fully saturated rings. The first-order chi connectivity index (χ1) is 7.07. The number of hydrogen-bond donors (Lipinski definition) is 1. The van der Waals surface area contributed by atoms with Gasteiger partial charge >= 0.3 is 0 Å². The lowest BCUT2D eigenvalue weighted by molar-refractivity contribution is 0.0977. The van der Waals surface area contributed by atoms with Gasteiger partial charge in [0.2, 0.25) is 0 Å². The lowest BCUT2D eigenvalue weighted by atomic mass is 9.99. The number of nitrogens with one attached hydrogen (secondary N) is 1. The van der Waals surface area contributed by atoms with E-state index in [4.69, 9.17) is 0 Å². The molecule has 1 saturated heterocycles. The topological polar surface area (TPSA) is 28.2 Å². The zero-order valence-electron chi connectivity index (χ0n) is 9.66. The molecule has 0 aromatic carbocycles. The molecule has 0 radical (unpaired) electrons. The van der Waals surface area contributed by atoms with Gasteiger partial charge in [-0.05, 0) is 20.8 Å². The van der Waals surface area contributed by atoms with Crippen molar-refractivity contribution >= 4 is 11.3 Å². The lowest BCUT2D eigenvalue weighted by Crippen LogP contribution is -2.60. The molecule has 0 aliphatic carbocycles. The summed E-state index contributed by atoms with van der Waals surface area (Å²) in [6.45, 7) is 9.94. The third-order valence-corrected chi connectivity index (χ3v) is 3.68. The normalized spacial score (nSPS) is 26.7. The highest BCUT2D eigenvalue weighted by Crippen LogP contribution is 2.18. The van der Waals surface area contributed by atoms with Crippen molar-refractivity contribution in [1.29, 1.82) is 0 Å². The second-order valence-corrected chi connectivity index (χ2v) is 5.92. The average Bonchev–Trinajstić information content (AvgIpc) is 2.64. The van der Waals surface area contributed by atoms with Crippen LogP contribution in [0.4, 0.5) is 0 Å². The Labute approximate surface area is 95.5 Å². The molecule has 0 amide bonds. The van der Waals surface area contributed by atoms with Gasteiger partial charge < -0.3 is 5.32 Å². The Balaban J connectivity index is 2.01. The Kier molecular flexibility index (Phi) is 3.09. The van der Waals surface area contributed by atoms with E-state index in [1.54, 1.807) is 11.3 Å². The van der Waals surface area contributed by atoms with Crippen LogP contribution in [0.2, 0.25) is 0 Å². The third-order valence-electron chi connectivity index (χ3n) is 2.92. The molecular weight excluding hydrogens is 206 g/mol. The second-order valence-electron chi connectivity index (χ2n) is 4.94. The number of rotatable bonds is 2. The monoisotopic (exact) mass is 225 g/mol. The van der Waals surface area contributed by atoms with Gasteiger partial charge in [-0.1, -0.05) is 0 Å². The Morgan fingerprint density at radius 1 is 1.67 bits per heavy atom. The molecule has 1 unspecified atom stereocenters. The summed E-state index contributed by atoms with van der Waals surface area (Å²) in [6.07, 6.45) is 1.89. The largest absolute Gasteiger partial charge is 0.309 e. The van der Waals surface area contributed by atoms with Crippen molar-refractivity contribution in [2.75, 3.05) is 13.1 Å². The van der Waals surface area contributed by atoms with E-state index in [-0.39, 0.29) is 5.54 Å². The van der Waals surface area contributed by atoms with Gasteiger partial charge in [0.05, 0.1) is 6.54 Å². The molecule has 0 bridgehead atoms. The Bertz CT molecular complexity index is 308. The minimum atomic E-state index is 0.226. The van der Waals surface area contributed by atoms with Gasteiger partial charge in [-0.15, -0.1) is 11.3 Å². The van der Waals surface area contributed by atoms with Crippen LogP contribution in [-0.4, -0.2) is 34.6 Å². The van der Waals surface area contributed by atoms with E-state index in [1.807, 2.05) is 11.6 Å². The van der Waals surface area contributed by atoms with E-state index in [2.05, 4.69) is 36.0 Å². The van der Waals surface area contributed by atoms with E-state index >= 15 is 0 Å². The Hall–Kier alpha value is -0.450. The summed E-state index contributed by atoms with van der Waals surface area (Å²) >= 11 is 1.75. The second kappa shape index (κ2) is 4.20. The van der Waals surface area contributed by atoms with Crippen molar-refractivity contribution < 1.29 is 0 Å². The van der Waals surface area contributed by atoms with Gasteiger partial charge in [0.1, 0.15) is 5.01 Å². The van der Waals surface area contributed by atoms with E-state index in [9.17, 15) is 0 Å². The van der Waals surface area contributed by atoms with Crippen molar-refractivity contribution in [3.8, 4) is 0 Å². The van der Waals surface area contributed by atoms with Crippen LogP contribution >= 0.6 is 11.3 Å². The molecule has 1 aliphatic heterocycles. The maximum Gasteiger partial charge on any atom is 0.107 e. The minimum absolute atomic E-state index is 0.226. The van der Waals surface area contributed by atoms with Crippen molar-refractivity contribution in [2.24, 2.45) is 0 Å². The van der Waals surface area contributed by atoms with Gasteiger partial charge in [-0.2, -0.15) is 0 Å². The zero-order chi connectivity index (χ0) is 10.9. The van der Waals surface area contributed by atoms with Crippen LogP contribution in [-0.2, 0) is 6.54 Å².